The van der Waals surface area contributed by atoms with E-state index in [9.17, 15) is 4.39 Å². The van der Waals surface area contributed by atoms with Crippen LogP contribution < -0.4 is 11.1 Å². The summed E-state index contributed by atoms with van der Waals surface area (Å²) in [5.74, 6) is 0.621. The van der Waals surface area contributed by atoms with E-state index in [0.717, 1.165) is 31.0 Å². The van der Waals surface area contributed by atoms with Crippen molar-refractivity contribution in [2.75, 3.05) is 11.9 Å². The molecule has 1 saturated carbocycles. The Morgan fingerprint density at radius 2 is 2.00 bits per heavy atom. The van der Waals surface area contributed by atoms with Gasteiger partial charge in [0.15, 0.2) is 5.96 Å². The minimum absolute atomic E-state index is 0.128. The van der Waals surface area contributed by atoms with Gasteiger partial charge < -0.3 is 16.0 Å². The van der Waals surface area contributed by atoms with Gasteiger partial charge in [-0.3, -0.25) is 0 Å². The predicted octanol–water partition coefficient (Wildman–Crippen LogP) is 3.74. The molecule has 0 radical (unpaired) electrons. The summed E-state index contributed by atoms with van der Waals surface area (Å²) >= 11 is 0. The molecular weight excluding hydrogens is 303 g/mol. The van der Waals surface area contributed by atoms with E-state index in [0.29, 0.717) is 6.04 Å². The molecule has 2 fully saturated rings. The van der Waals surface area contributed by atoms with Crippen molar-refractivity contribution < 1.29 is 4.39 Å². The number of benzene rings is 1. The fourth-order valence-electron chi connectivity index (χ4n) is 3.74. The lowest BCUT2D eigenvalue weighted by atomic mass is 9.91. The smallest absolute Gasteiger partial charge is 0.199 e. The maximum atomic E-state index is 13.5. The van der Waals surface area contributed by atoms with Gasteiger partial charge in [0, 0.05) is 24.3 Å². The number of piperidine rings is 1. The van der Waals surface area contributed by atoms with Gasteiger partial charge in [-0.1, -0.05) is 18.9 Å². The number of nitrogens with zero attached hydrogens (tertiary/aromatic N) is 2. The minimum Gasteiger partial charge on any atom is -0.340 e. The number of hydrogen-bond acceptors (Lipinski definition) is 2. The van der Waals surface area contributed by atoms with Crippen molar-refractivity contribution in [2.24, 2.45) is 10.7 Å². The first-order valence-electron chi connectivity index (χ1n) is 9.26. The summed E-state index contributed by atoms with van der Waals surface area (Å²) in [7, 11) is 0. The molecule has 24 heavy (non-hydrogen) atoms. The quantitative estimate of drug-likeness (QED) is 0.641. The maximum absolute atomic E-state index is 13.5. The van der Waals surface area contributed by atoms with Crippen LogP contribution in [0.1, 0.15) is 51.9 Å². The van der Waals surface area contributed by atoms with E-state index in [1.54, 1.807) is 6.07 Å². The maximum Gasteiger partial charge on any atom is 0.199 e. The average Bonchev–Trinajstić information content (AvgIpc) is 2.57. The molecule has 3 atom stereocenters. The molecule has 1 saturated heterocycles. The second-order valence-electron chi connectivity index (χ2n) is 7.14. The average molecular weight is 332 g/mol. The Bertz CT molecular complexity index is 574. The zero-order valence-corrected chi connectivity index (χ0v) is 14.5. The van der Waals surface area contributed by atoms with Gasteiger partial charge in [-0.2, -0.15) is 0 Å². The largest absolute Gasteiger partial charge is 0.340 e. The summed E-state index contributed by atoms with van der Waals surface area (Å²) in [5.41, 5.74) is 7.04. The van der Waals surface area contributed by atoms with E-state index in [1.807, 2.05) is 6.07 Å². The van der Waals surface area contributed by atoms with E-state index in [4.69, 9.17) is 10.7 Å². The fourth-order valence-corrected chi connectivity index (χ4v) is 3.74. The third-order valence-corrected chi connectivity index (χ3v) is 5.23. The number of guanidine groups is 1. The molecule has 0 spiro atoms. The van der Waals surface area contributed by atoms with Crippen LogP contribution in [0.4, 0.5) is 10.1 Å². The van der Waals surface area contributed by atoms with Gasteiger partial charge in [-0.25, -0.2) is 9.38 Å². The molecule has 3 rings (SSSR count). The number of hydrogen-bond donors (Lipinski definition) is 2. The molecule has 1 aromatic carbocycles. The lowest BCUT2D eigenvalue weighted by Gasteiger charge is -2.37. The zero-order chi connectivity index (χ0) is 16.9. The number of halogens is 1. The second-order valence-corrected chi connectivity index (χ2v) is 7.14. The zero-order valence-electron chi connectivity index (χ0n) is 14.5. The fraction of sp³-hybridized carbons (Fsp3) is 0.632. The highest BCUT2D eigenvalue weighted by Gasteiger charge is 2.26. The van der Waals surface area contributed by atoms with Crippen LogP contribution in [0.25, 0.3) is 0 Å². The van der Waals surface area contributed by atoms with E-state index in [-0.39, 0.29) is 17.9 Å². The Hall–Kier alpha value is -1.62. The Balaban J connectivity index is 1.84. The monoisotopic (exact) mass is 332 g/mol. The molecule has 132 valence electrons. The standard InChI is InChI=1S/C19H29FN4/c1-14-7-4-5-12-24(14)19(22-16-9-6-8-15(20)13-16)23-18-11-3-2-10-17(18)21/h6,8-9,13-14,17-18H,2-5,7,10-12,21H2,1H3,(H,22,23)/t14?,17-,18-/m0/s1. The SMILES string of the molecule is CC1CCCCN1C(=N[C@H]1CCCC[C@@H]1N)Nc1cccc(F)c1. The van der Waals surface area contributed by atoms with Crippen molar-refractivity contribution in [3.05, 3.63) is 30.1 Å². The van der Waals surface area contributed by atoms with Crippen LogP contribution in [-0.4, -0.2) is 35.5 Å². The van der Waals surface area contributed by atoms with Crippen molar-refractivity contribution in [1.82, 2.24) is 4.90 Å². The number of anilines is 1. The van der Waals surface area contributed by atoms with E-state index < -0.39 is 0 Å². The minimum atomic E-state index is -0.236. The number of likely N-dealkylation sites (tertiary alicyclic amines) is 1. The predicted molar refractivity (Wildman–Crippen MR) is 97.7 cm³/mol. The van der Waals surface area contributed by atoms with Crippen LogP contribution in [0.3, 0.4) is 0 Å². The van der Waals surface area contributed by atoms with Crippen molar-refractivity contribution in [1.29, 1.82) is 0 Å². The topological polar surface area (TPSA) is 53.6 Å². The first-order valence-corrected chi connectivity index (χ1v) is 9.26. The van der Waals surface area contributed by atoms with Crippen LogP contribution >= 0.6 is 0 Å². The Morgan fingerprint density at radius 1 is 1.21 bits per heavy atom. The van der Waals surface area contributed by atoms with Crippen LogP contribution in [-0.2, 0) is 0 Å². The van der Waals surface area contributed by atoms with Gasteiger partial charge in [-0.05, 0) is 57.2 Å². The molecule has 5 heteroatoms. The number of nitrogens with two attached hydrogens (primary N) is 1. The van der Waals surface area contributed by atoms with Crippen LogP contribution in [0.15, 0.2) is 29.3 Å². The lowest BCUT2D eigenvalue weighted by Crippen LogP contribution is -2.47. The molecule has 1 aromatic rings. The molecule has 1 unspecified atom stereocenters. The van der Waals surface area contributed by atoms with Crippen molar-refractivity contribution in [2.45, 2.75) is 70.0 Å². The molecule has 4 nitrogen and oxygen atoms in total. The first kappa shape index (κ1) is 17.2. The highest BCUT2D eigenvalue weighted by atomic mass is 19.1. The number of rotatable bonds is 2. The third-order valence-electron chi connectivity index (χ3n) is 5.23. The Morgan fingerprint density at radius 3 is 2.75 bits per heavy atom. The summed E-state index contributed by atoms with van der Waals surface area (Å²) < 4.78 is 13.5. The Kier molecular flexibility index (Phi) is 5.72. The van der Waals surface area contributed by atoms with Gasteiger partial charge in [0.2, 0.25) is 0 Å². The summed E-state index contributed by atoms with van der Waals surface area (Å²) in [6.45, 7) is 3.23. The molecule has 0 bridgehead atoms. The van der Waals surface area contributed by atoms with E-state index >= 15 is 0 Å². The highest BCUT2D eigenvalue weighted by Crippen LogP contribution is 2.23. The van der Waals surface area contributed by atoms with E-state index in [1.165, 1.54) is 44.2 Å². The molecule has 2 aliphatic rings. The van der Waals surface area contributed by atoms with Gasteiger partial charge in [0.1, 0.15) is 5.82 Å². The van der Waals surface area contributed by atoms with Crippen molar-refractivity contribution in [3.8, 4) is 0 Å². The van der Waals surface area contributed by atoms with Gasteiger partial charge in [0.05, 0.1) is 6.04 Å². The second kappa shape index (κ2) is 7.97. The van der Waals surface area contributed by atoms with Gasteiger partial charge in [0.25, 0.3) is 0 Å². The Labute approximate surface area is 144 Å². The van der Waals surface area contributed by atoms with Gasteiger partial charge in [-0.15, -0.1) is 0 Å². The molecular formula is C19H29FN4. The normalized spacial score (nSPS) is 28.7. The third kappa shape index (κ3) is 4.26. The summed E-state index contributed by atoms with van der Waals surface area (Å²) in [4.78, 5) is 7.33. The molecule has 0 aromatic heterocycles. The molecule has 1 heterocycles. The lowest BCUT2D eigenvalue weighted by molar-refractivity contribution is 0.254. The highest BCUT2D eigenvalue weighted by molar-refractivity contribution is 5.94. The molecule has 3 N–H and O–H groups in total. The molecule has 1 aliphatic heterocycles. The molecule has 0 amide bonds. The van der Waals surface area contributed by atoms with Crippen LogP contribution in [0.5, 0.6) is 0 Å². The van der Waals surface area contributed by atoms with Gasteiger partial charge >= 0.3 is 0 Å². The summed E-state index contributed by atoms with van der Waals surface area (Å²) in [5, 5.41) is 3.37. The number of aliphatic imine (C=N–C) groups is 1. The first-order chi connectivity index (χ1) is 11.6. The van der Waals surface area contributed by atoms with Crippen LogP contribution in [0.2, 0.25) is 0 Å². The number of nitrogens with one attached hydrogen (secondary N) is 1. The van der Waals surface area contributed by atoms with E-state index in [2.05, 4.69) is 17.1 Å². The van der Waals surface area contributed by atoms with Crippen molar-refractivity contribution >= 4 is 11.6 Å². The summed E-state index contributed by atoms with van der Waals surface area (Å²) in [6, 6.07) is 7.31. The van der Waals surface area contributed by atoms with Crippen LogP contribution in [0, 0.1) is 5.82 Å². The van der Waals surface area contributed by atoms with Crippen molar-refractivity contribution in [3.63, 3.8) is 0 Å². The molecule has 1 aliphatic carbocycles. The summed E-state index contributed by atoms with van der Waals surface area (Å²) in [6.07, 6.45) is 8.05.